The van der Waals surface area contributed by atoms with Crippen molar-refractivity contribution in [2.75, 3.05) is 0 Å². The Hall–Kier alpha value is -3.22. The smallest absolute Gasteiger partial charge is 0.203 e. The van der Waals surface area contributed by atoms with Crippen molar-refractivity contribution in [3.63, 3.8) is 0 Å². The number of Topliss-reactive ketones (excluding diaryl/α,β-unsaturated/α-hetero) is 1. The fraction of sp³-hybridized carbons (Fsp3) is 0.125. The molecule has 0 unspecified atom stereocenters. The molecule has 5 nitrogen and oxygen atoms in total. The lowest BCUT2D eigenvalue weighted by atomic mass is 10.1. The van der Waals surface area contributed by atoms with E-state index in [1.165, 1.54) is 4.68 Å². The summed E-state index contributed by atoms with van der Waals surface area (Å²) in [6.45, 7) is 2.26. The first-order chi connectivity index (χ1) is 15.0. The van der Waals surface area contributed by atoms with Crippen LogP contribution in [0.25, 0.3) is 5.69 Å². The van der Waals surface area contributed by atoms with Crippen molar-refractivity contribution in [2.24, 2.45) is 0 Å². The van der Waals surface area contributed by atoms with Crippen molar-refractivity contribution >= 4 is 29.6 Å². The molecule has 0 bridgehead atoms. The summed E-state index contributed by atoms with van der Waals surface area (Å²) in [5, 5.41) is 5.19. The van der Waals surface area contributed by atoms with Crippen LogP contribution < -0.4 is 4.74 Å². The zero-order valence-corrected chi connectivity index (χ0v) is 18.4. The summed E-state index contributed by atoms with van der Waals surface area (Å²) in [5.74, 6) is 1.24. The number of halogens is 1. The summed E-state index contributed by atoms with van der Waals surface area (Å²) in [7, 11) is 0. The Labute approximate surface area is 190 Å². The van der Waals surface area contributed by atoms with E-state index in [4.69, 9.17) is 28.6 Å². The highest BCUT2D eigenvalue weighted by Gasteiger charge is 2.16. The van der Waals surface area contributed by atoms with Crippen molar-refractivity contribution in [1.29, 1.82) is 0 Å². The predicted octanol–water partition coefficient (Wildman–Crippen LogP) is 5.83. The van der Waals surface area contributed by atoms with E-state index in [1.807, 2.05) is 66.1 Å². The Balaban J connectivity index is 1.67. The Morgan fingerprint density at radius 2 is 1.68 bits per heavy atom. The van der Waals surface area contributed by atoms with Crippen LogP contribution in [-0.4, -0.2) is 20.1 Å². The van der Waals surface area contributed by atoms with Gasteiger partial charge in [-0.05, 0) is 67.7 Å². The average Bonchev–Trinajstić information content (AvgIpc) is 3.09. The monoisotopic (exact) mass is 449 g/mol. The van der Waals surface area contributed by atoms with Crippen LogP contribution in [0.15, 0.2) is 78.9 Å². The van der Waals surface area contributed by atoms with Gasteiger partial charge < -0.3 is 4.74 Å². The lowest BCUT2D eigenvalue weighted by Crippen LogP contribution is -2.12. The number of hydrogen-bond acceptors (Lipinski definition) is 4. The van der Waals surface area contributed by atoms with Gasteiger partial charge in [-0.1, -0.05) is 47.5 Å². The summed E-state index contributed by atoms with van der Waals surface area (Å²) in [6.07, 6.45) is 0. The second-order valence-electron chi connectivity index (χ2n) is 7.06. The number of benzene rings is 3. The van der Waals surface area contributed by atoms with Crippen molar-refractivity contribution in [1.82, 2.24) is 14.3 Å². The molecule has 0 fully saturated rings. The maximum absolute atomic E-state index is 12.8. The molecular weight excluding hydrogens is 430 g/mol. The largest absolute Gasteiger partial charge is 0.486 e. The standard InChI is InChI=1S/C24H20ClN3O2S/c1-17-7-13-20(14-8-17)28-23(16-30-21-5-3-2-4-6-21)26-27(24(28)31)15-22(29)18-9-11-19(25)12-10-18/h2-14H,15-16H2,1H3. The highest BCUT2D eigenvalue weighted by molar-refractivity contribution is 7.71. The van der Waals surface area contributed by atoms with Crippen LogP contribution in [0.4, 0.5) is 0 Å². The molecule has 1 aromatic heterocycles. The Morgan fingerprint density at radius 1 is 1.00 bits per heavy atom. The number of ketones is 1. The second-order valence-corrected chi connectivity index (χ2v) is 7.86. The molecule has 3 aromatic carbocycles. The topological polar surface area (TPSA) is 49.0 Å². The molecule has 0 radical (unpaired) electrons. The van der Waals surface area contributed by atoms with Crippen molar-refractivity contribution < 1.29 is 9.53 Å². The molecule has 0 aliphatic carbocycles. The summed E-state index contributed by atoms with van der Waals surface area (Å²) >= 11 is 11.6. The van der Waals surface area contributed by atoms with Gasteiger partial charge in [-0.2, -0.15) is 5.10 Å². The molecule has 4 aromatic rings. The zero-order valence-electron chi connectivity index (χ0n) is 16.9. The van der Waals surface area contributed by atoms with Gasteiger partial charge in [-0.25, -0.2) is 4.68 Å². The first-order valence-electron chi connectivity index (χ1n) is 9.73. The fourth-order valence-electron chi connectivity index (χ4n) is 3.13. The number of carbonyl (C=O) groups is 1. The lowest BCUT2D eigenvalue weighted by Gasteiger charge is -2.08. The maximum atomic E-state index is 12.8. The van der Waals surface area contributed by atoms with Gasteiger partial charge in [0.1, 0.15) is 18.9 Å². The highest BCUT2D eigenvalue weighted by Crippen LogP contribution is 2.18. The number of para-hydroxylation sites is 1. The zero-order chi connectivity index (χ0) is 21.8. The van der Waals surface area contributed by atoms with Crippen molar-refractivity contribution in [3.8, 4) is 11.4 Å². The number of nitrogens with zero attached hydrogens (tertiary/aromatic N) is 3. The molecular formula is C24H20ClN3O2S. The van der Waals surface area contributed by atoms with Crippen molar-refractivity contribution in [2.45, 2.75) is 20.1 Å². The Kier molecular flexibility index (Phi) is 6.30. The van der Waals surface area contributed by atoms with E-state index >= 15 is 0 Å². The maximum Gasteiger partial charge on any atom is 0.203 e. The third kappa shape index (κ3) is 4.93. The summed E-state index contributed by atoms with van der Waals surface area (Å²) < 4.78 is 9.71. The van der Waals surface area contributed by atoms with Gasteiger partial charge in [0.25, 0.3) is 0 Å². The minimum absolute atomic E-state index is 0.0255. The summed E-state index contributed by atoms with van der Waals surface area (Å²) in [5.41, 5.74) is 2.56. The molecule has 0 aliphatic heterocycles. The van der Waals surface area contributed by atoms with Crippen LogP contribution >= 0.6 is 23.8 Å². The number of carbonyl (C=O) groups excluding carboxylic acids is 1. The normalized spacial score (nSPS) is 10.8. The van der Waals surface area contributed by atoms with E-state index in [2.05, 4.69) is 5.10 Å². The van der Waals surface area contributed by atoms with Gasteiger partial charge in [0.05, 0.1) is 0 Å². The first-order valence-corrected chi connectivity index (χ1v) is 10.5. The predicted molar refractivity (Wildman–Crippen MR) is 124 cm³/mol. The molecule has 0 amide bonds. The number of aromatic nitrogens is 3. The van der Waals surface area contributed by atoms with E-state index in [0.29, 0.717) is 21.2 Å². The van der Waals surface area contributed by atoms with Gasteiger partial charge in [0, 0.05) is 16.3 Å². The van der Waals surface area contributed by atoms with E-state index in [-0.39, 0.29) is 18.9 Å². The molecule has 0 saturated heterocycles. The molecule has 0 aliphatic rings. The molecule has 1 heterocycles. The van der Waals surface area contributed by atoms with E-state index in [9.17, 15) is 4.79 Å². The quantitative estimate of drug-likeness (QED) is 0.263. The Bertz CT molecular complexity index is 1250. The molecule has 7 heteroatoms. The van der Waals surface area contributed by atoms with Gasteiger partial charge >= 0.3 is 0 Å². The molecule has 31 heavy (non-hydrogen) atoms. The second kappa shape index (κ2) is 9.29. The van der Waals surface area contributed by atoms with Crippen LogP contribution in [-0.2, 0) is 13.2 Å². The molecule has 0 saturated carbocycles. The number of rotatable bonds is 7. The molecule has 0 spiro atoms. The number of aryl methyl sites for hydroxylation is 1. The average molecular weight is 450 g/mol. The van der Waals surface area contributed by atoms with E-state index in [0.717, 1.165) is 17.0 Å². The van der Waals surface area contributed by atoms with Gasteiger partial charge in [-0.3, -0.25) is 9.36 Å². The number of ether oxygens (including phenoxy) is 1. The van der Waals surface area contributed by atoms with Gasteiger partial charge in [-0.15, -0.1) is 0 Å². The molecule has 4 rings (SSSR count). The van der Waals surface area contributed by atoms with Gasteiger partial charge in [0.2, 0.25) is 4.77 Å². The minimum Gasteiger partial charge on any atom is -0.486 e. The van der Waals surface area contributed by atoms with Crippen LogP contribution in [0.3, 0.4) is 0 Å². The minimum atomic E-state index is -0.100. The van der Waals surface area contributed by atoms with Crippen LogP contribution in [0, 0.1) is 11.7 Å². The summed E-state index contributed by atoms with van der Waals surface area (Å²) in [6, 6.07) is 24.3. The summed E-state index contributed by atoms with van der Waals surface area (Å²) in [4.78, 5) is 12.8. The Morgan fingerprint density at radius 3 is 2.35 bits per heavy atom. The third-order valence-corrected chi connectivity index (χ3v) is 5.41. The van der Waals surface area contributed by atoms with E-state index < -0.39 is 0 Å². The third-order valence-electron chi connectivity index (χ3n) is 4.77. The van der Waals surface area contributed by atoms with Crippen molar-refractivity contribution in [3.05, 3.63) is 106 Å². The molecule has 0 atom stereocenters. The SMILES string of the molecule is Cc1ccc(-n2c(COc3ccccc3)nn(CC(=O)c3ccc(Cl)cc3)c2=S)cc1. The fourth-order valence-corrected chi connectivity index (χ4v) is 3.57. The molecule has 156 valence electrons. The van der Waals surface area contributed by atoms with Crippen LogP contribution in [0.2, 0.25) is 5.02 Å². The van der Waals surface area contributed by atoms with Crippen LogP contribution in [0.5, 0.6) is 5.75 Å². The van der Waals surface area contributed by atoms with Gasteiger partial charge in [0.15, 0.2) is 11.6 Å². The lowest BCUT2D eigenvalue weighted by molar-refractivity contribution is 0.0966. The highest BCUT2D eigenvalue weighted by atomic mass is 35.5. The van der Waals surface area contributed by atoms with E-state index in [1.54, 1.807) is 24.3 Å². The molecule has 0 N–H and O–H groups in total. The van der Waals surface area contributed by atoms with Crippen LogP contribution in [0.1, 0.15) is 21.7 Å². The number of hydrogen-bond donors (Lipinski definition) is 0. The first kappa shape index (κ1) is 21.0.